The van der Waals surface area contributed by atoms with Gasteiger partial charge in [-0.2, -0.15) is 0 Å². The number of halogens is 1. The number of methoxy groups -OCH3 is 1. The first kappa shape index (κ1) is 24.6. The van der Waals surface area contributed by atoms with Gasteiger partial charge >= 0.3 is 0 Å². The van der Waals surface area contributed by atoms with Crippen LogP contribution >= 0.6 is 11.6 Å². The van der Waals surface area contributed by atoms with Crippen LogP contribution in [-0.2, 0) is 14.8 Å². The van der Waals surface area contributed by atoms with Crippen LogP contribution in [0.4, 0.5) is 11.4 Å². The van der Waals surface area contributed by atoms with Crippen molar-refractivity contribution in [1.29, 1.82) is 0 Å². The maximum Gasteiger partial charge on any atom is 0.261 e. The summed E-state index contributed by atoms with van der Waals surface area (Å²) in [6, 6.07) is 17.8. The molecule has 0 unspecified atom stereocenters. The smallest absolute Gasteiger partial charge is 0.261 e. The van der Waals surface area contributed by atoms with Crippen molar-refractivity contribution >= 4 is 38.9 Å². The number of hydrogen-bond donors (Lipinski definition) is 1. The lowest BCUT2D eigenvalue weighted by Crippen LogP contribution is -2.26. The van der Waals surface area contributed by atoms with Gasteiger partial charge in [-0.3, -0.25) is 9.52 Å². The molecule has 9 heteroatoms. The lowest BCUT2D eigenvalue weighted by Gasteiger charge is -2.18. The number of carbonyl (C=O) groups is 1. The van der Waals surface area contributed by atoms with Gasteiger partial charge in [0.25, 0.3) is 15.9 Å². The standard InChI is InChI=1S/C24H25ClN2O5S/c1-17-16-22(12-13-23(17)32-15-14-31-3)33(29,30)26-20-8-10-21(11-9-20)27(2)24(28)18-4-6-19(25)7-5-18/h4-13,16,26H,14-15H2,1-3H3. The Balaban J connectivity index is 1.70. The molecule has 0 saturated carbocycles. The number of hydrogen-bond acceptors (Lipinski definition) is 5. The maximum absolute atomic E-state index is 12.8. The third kappa shape index (κ3) is 6.25. The largest absolute Gasteiger partial charge is 0.491 e. The van der Waals surface area contributed by atoms with E-state index in [0.717, 1.165) is 0 Å². The van der Waals surface area contributed by atoms with E-state index in [1.54, 1.807) is 81.7 Å². The molecule has 174 valence electrons. The minimum Gasteiger partial charge on any atom is -0.491 e. The SMILES string of the molecule is COCCOc1ccc(S(=O)(=O)Nc2ccc(N(C)C(=O)c3ccc(Cl)cc3)cc2)cc1C. The Morgan fingerprint density at radius 3 is 2.27 bits per heavy atom. The Hall–Kier alpha value is -3.07. The van der Waals surface area contributed by atoms with Crippen molar-refractivity contribution in [2.45, 2.75) is 11.8 Å². The number of amides is 1. The highest BCUT2D eigenvalue weighted by atomic mass is 35.5. The lowest BCUT2D eigenvalue weighted by molar-refractivity contribution is 0.0993. The van der Waals surface area contributed by atoms with Gasteiger partial charge in [0.15, 0.2) is 0 Å². The summed E-state index contributed by atoms with van der Waals surface area (Å²) in [5, 5.41) is 0.550. The summed E-state index contributed by atoms with van der Waals surface area (Å²) in [6.45, 7) is 2.60. The summed E-state index contributed by atoms with van der Waals surface area (Å²) in [6.07, 6.45) is 0. The van der Waals surface area contributed by atoms with E-state index < -0.39 is 10.0 Å². The molecule has 0 aromatic heterocycles. The van der Waals surface area contributed by atoms with Gasteiger partial charge in [-0.15, -0.1) is 0 Å². The van der Waals surface area contributed by atoms with E-state index in [9.17, 15) is 13.2 Å². The molecule has 0 aliphatic heterocycles. The Kier molecular flexibility index (Phi) is 7.97. The van der Waals surface area contributed by atoms with Crippen LogP contribution in [0.25, 0.3) is 0 Å². The lowest BCUT2D eigenvalue weighted by atomic mass is 10.2. The number of nitrogens with zero attached hydrogens (tertiary/aromatic N) is 1. The van der Waals surface area contributed by atoms with Crippen molar-refractivity contribution in [1.82, 2.24) is 0 Å². The van der Waals surface area contributed by atoms with Crippen molar-refractivity contribution in [3.05, 3.63) is 82.9 Å². The third-order valence-electron chi connectivity index (χ3n) is 4.90. The molecule has 0 fully saturated rings. The van der Waals surface area contributed by atoms with E-state index >= 15 is 0 Å². The van der Waals surface area contributed by atoms with Crippen LogP contribution in [0.3, 0.4) is 0 Å². The predicted molar refractivity (Wildman–Crippen MR) is 130 cm³/mol. The van der Waals surface area contributed by atoms with Crippen LogP contribution in [0, 0.1) is 6.92 Å². The van der Waals surface area contributed by atoms with E-state index in [2.05, 4.69) is 4.72 Å². The number of benzene rings is 3. The fourth-order valence-corrected chi connectivity index (χ4v) is 4.33. The third-order valence-corrected chi connectivity index (χ3v) is 6.54. The van der Waals surface area contributed by atoms with Crippen LogP contribution in [-0.4, -0.2) is 41.7 Å². The highest BCUT2D eigenvalue weighted by Crippen LogP contribution is 2.25. The quantitative estimate of drug-likeness (QED) is 0.439. The molecule has 1 amide bonds. The number of nitrogens with one attached hydrogen (secondary N) is 1. The van der Waals surface area contributed by atoms with Crippen LogP contribution in [0.15, 0.2) is 71.6 Å². The van der Waals surface area contributed by atoms with Gasteiger partial charge in [0.05, 0.1) is 11.5 Å². The number of sulfonamides is 1. The minimum atomic E-state index is -3.80. The monoisotopic (exact) mass is 488 g/mol. The Labute approximate surface area is 198 Å². The molecule has 33 heavy (non-hydrogen) atoms. The molecule has 1 N–H and O–H groups in total. The second kappa shape index (κ2) is 10.7. The second-order valence-electron chi connectivity index (χ2n) is 7.29. The number of ether oxygens (including phenoxy) is 2. The average Bonchev–Trinajstić information content (AvgIpc) is 2.80. The second-order valence-corrected chi connectivity index (χ2v) is 9.41. The molecule has 0 aliphatic carbocycles. The predicted octanol–water partition coefficient (Wildman–Crippen LogP) is 4.75. The Bertz CT molecular complexity index is 1210. The van der Waals surface area contributed by atoms with Crippen molar-refractivity contribution in [2.75, 3.05) is 37.0 Å². The number of aryl methyl sites for hydroxylation is 1. The summed E-state index contributed by atoms with van der Waals surface area (Å²) in [5.74, 6) is 0.395. The van der Waals surface area contributed by atoms with E-state index in [4.69, 9.17) is 21.1 Å². The number of anilines is 2. The fourth-order valence-electron chi connectivity index (χ4n) is 3.06. The van der Waals surface area contributed by atoms with Gasteiger partial charge < -0.3 is 14.4 Å². The Morgan fingerprint density at radius 2 is 1.67 bits per heavy atom. The zero-order valence-electron chi connectivity index (χ0n) is 18.5. The van der Waals surface area contributed by atoms with Crippen LogP contribution in [0.1, 0.15) is 15.9 Å². The topological polar surface area (TPSA) is 84.9 Å². The molecule has 3 aromatic rings. The molecule has 0 aliphatic rings. The van der Waals surface area contributed by atoms with Crippen LogP contribution in [0.5, 0.6) is 5.75 Å². The van der Waals surface area contributed by atoms with Crippen molar-refractivity contribution in [3.63, 3.8) is 0 Å². The molecule has 0 saturated heterocycles. The highest BCUT2D eigenvalue weighted by Gasteiger charge is 2.17. The normalized spacial score (nSPS) is 11.2. The molecule has 3 aromatic carbocycles. The molecular formula is C24H25ClN2O5S. The maximum atomic E-state index is 12.8. The van der Waals surface area contributed by atoms with Crippen LogP contribution < -0.4 is 14.4 Å². The molecule has 0 radical (unpaired) electrons. The zero-order valence-corrected chi connectivity index (χ0v) is 20.1. The van der Waals surface area contributed by atoms with Gasteiger partial charge in [0.1, 0.15) is 12.4 Å². The number of rotatable bonds is 9. The van der Waals surface area contributed by atoms with Gasteiger partial charge in [0, 0.05) is 36.1 Å². The van der Waals surface area contributed by atoms with Crippen LogP contribution in [0.2, 0.25) is 5.02 Å². The first-order valence-electron chi connectivity index (χ1n) is 10.1. The van der Waals surface area contributed by atoms with E-state index in [1.165, 1.54) is 11.0 Å². The van der Waals surface area contributed by atoms with Gasteiger partial charge in [0.2, 0.25) is 0 Å². The molecule has 3 rings (SSSR count). The summed E-state index contributed by atoms with van der Waals surface area (Å²) in [5.41, 5.74) is 2.19. The molecule has 0 heterocycles. The average molecular weight is 489 g/mol. The van der Waals surface area contributed by atoms with Gasteiger partial charge in [-0.25, -0.2) is 8.42 Å². The molecule has 0 bridgehead atoms. The first-order valence-corrected chi connectivity index (χ1v) is 12.0. The van der Waals surface area contributed by atoms with Crippen molar-refractivity contribution in [3.8, 4) is 5.75 Å². The van der Waals surface area contributed by atoms with Gasteiger partial charge in [-0.05, 0) is 79.2 Å². The summed E-state index contributed by atoms with van der Waals surface area (Å²) in [4.78, 5) is 14.3. The summed E-state index contributed by atoms with van der Waals surface area (Å²) < 4.78 is 38.7. The molecule has 0 atom stereocenters. The number of carbonyl (C=O) groups excluding carboxylic acids is 1. The van der Waals surface area contributed by atoms with Gasteiger partial charge in [-0.1, -0.05) is 11.6 Å². The summed E-state index contributed by atoms with van der Waals surface area (Å²) in [7, 11) is -0.567. The van der Waals surface area contributed by atoms with Crippen molar-refractivity contribution < 1.29 is 22.7 Å². The minimum absolute atomic E-state index is 0.123. The summed E-state index contributed by atoms with van der Waals surface area (Å²) >= 11 is 5.88. The Morgan fingerprint density at radius 1 is 1.00 bits per heavy atom. The van der Waals surface area contributed by atoms with Crippen molar-refractivity contribution in [2.24, 2.45) is 0 Å². The molecule has 0 spiro atoms. The highest BCUT2D eigenvalue weighted by molar-refractivity contribution is 7.92. The van der Waals surface area contributed by atoms with E-state index in [1.807, 2.05) is 0 Å². The molecule has 7 nitrogen and oxygen atoms in total. The van der Waals surface area contributed by atoms with E-state index in [-0.39, 0.29) is 10.8 Å². The van der Waals surface area contributed by atoms with E-state index in [0.29, 0.717) is 46.5 Å². The first-order chi connectivity index (χ1) is 15.7. The molecular weight excluding hydrogens is 464 g/mol. The fraction of sp³-hybridized carbons (Fsp3) is 0.208. The zero-order chi connectivity index (χ0) is 24.0.